The maximum absolute atomic E-state index is 12.2. The second-order valence-corrected chi connectivity index (χ2v) is 6.55. The highest BCUT2D eigenvalue weighted by atomic mass is 16.7. The van der Waals surface area contributed by atoms with Crippen molar-refractivity contribution in [2.75, 3.05) is 6.79 Å². The maximum Gasteiger partial charge on any atom is 0.307 e. The quantitative estimate of drug-likeness (QED) is 0.759. The number of hydrogen-bond acceptors (Lipinski definition) is 5. The van der Waals surface area contributed by atoms with Crippen LogP contribution in [0.2, 0.25) is 0 Å². The summed E-state index contributed by atoms with van der Waals surface area (Å²) in [7, 11) is 0. The Labute approximate surface area is 158 Å². The van der Waals surface area contributed by atoms with Crippen LogP contribution in [0.15, 0.2) is 48.5 Å². The van der Waals surface area contributed by atoms with Crippen molar-refractivity contribution in [2.45, 2.75) is 38.8 Å². The van der Waals surface area contributed by atoms with Gasteiger partial charge in [-0.1, -0.05) is 43.3 Å². The first-order valence-corrected chi connectivity index (χ1v) is 8.93. The van der Waals surface area contributed by atoms with Gasteiger partial charge in [0.15, 0.2) is 17.6 Å². The zero-order chi connectivity index (χ0) is 19.2. The van der Waals surface area contributed by atoms with Gasteiger partial charge in [0, 0.05) is 6.54 Å². The van der Waals surface area contributed by atoms with E-state index in [4.69, 9.17) is 14.2 Å². The Morgan fingerprint density at radius 2 is 1.81 bits per heavy atom. The van der Waals surface area contributed by atoms with Crippen molar-refractivity contribution in [3.8, 4) is 11.5 Å². The van der Waals surface area contributed by atoms with Gasteiger partial charge in [0.2, 0.25) is 6.79 Å². The number of carbonyl (C=O) groups excluding carboxylic acids is 2. The molecule has 0 radical (unpaired) electrons. The molecule has 3 rings (SSSR count). The Balaban J connectivity index is 1.45. The number of amides is 1. The lowest BCUT2D eigenvalue weighted by atomic mass is 9.98. The third kappa shape index (κ3) is 5.00. The predicted molar refractivity (Wildman–Crippen MR) is 99.4 cm³/mol. The molecule has 2 aromatic rings. The van der Waals surface area contributed by atoms with Gasteiger partial charge in [-0.15, -0.1) is 0 Å². The third-order valence-electron chi connectivity index (χ3n) is 4.42. The summed E-state index contributed by atoms with van der Waals surface area (Å²) < 4.78 is 15.8. The van der Waals surface area contributed by atoms with Crippen molar-refractivity contribution >= 4 is 11.9 Å². The average molecular weight is 369 g/mol. The lowest BCUT2D eigenvalue weighted by molar-refractivity contribution is -0.155. The number of rotatable bonds is 7. The molecule has 6 heteroatoms. The Kier molecular flexibility index (Phi) is 5.96. The minimum Gasteiger partial charge on any atom is -0.454 e. The smallest absolute Gasteiger partial charge is 0.307 e. The molecule has 0 aromatic heterocycles. The molecule has 0 saturated carbocycles. The van der Waals surface area contributed by atoms with Gasteiger partial charge in [0.05, 0.1) is 6.42 Å². The molecular formula is C21H23NO5. The Bertz CT molecular complexity index is 805. The van der Waals surface area contributed by atoms with Crippen LogP contribution in [0, 0.1) is 0 Å². The molecule has 1 heterocycles. The van der Waals surface area contributed by atoms with E-state index in [0.29, 0.717) is 18.0 Å². The Hall–Kier alpha value is -3.02. The summed E-state index contributed by atoms with van der Waals surface area (Å²) in [5, 5.41) is 2.77. The number of benzene rings is 2. The maximum atomic E-state index is 12.2. The van der Waals surface area contributed by atoms with Crippen LogP contribution in [0.4, 0.5) is 0 Å². The molecule has 0 spiro atoms. The van der Waals surface area contributed by atoms with E-state index >= 15 is 0 Å². The van der Waals surface area contributed by atoms with Gasteiger partial charge in [-0.05, 0) is 36.1 Å². The van der Waals surface area contributed by atoms with Gasteiger partial charge in [-0.2, -0.15) is 0 Å². The zero-order valence-corrected chi connectivity index (χ0v) is 15.4. The van der Waals surface area contributed by atoms with E-state index in [1.54, 1.807) is 13.0 Å². The summed E-state index contributed by atoms with van der Waals surface area (Å²) in [5.41, 5.74) is 1.94. The summed E-state index contributed by atoms with van der Waals surface area (Å²) in [6.45, 7) is 4.05. The molecule has 1 aliphatic heterocycles. The molecule has 142 valence electrons. The molecule has 2 atom stereocenters. The van der Waals surface area contributed by atoms with Crippen LogP contribution in [0.1, 0.15) is 37.3 Å². The van der Waals surface area contributed by atoms with Crippen molar-refractivity contribution < 1.29 is 23.8 Å². The molecule has 0 aliphatic carbocycles. The monoisotopic (exact) mass is 369 g/mol. The molecule has 0 bridgehead atoms. The van der Waals surface area contributed by atoms with Crippen molar-refractivity contribution in [3.63, 3.8) is 0 Å². The Morgan fingerprint density at radius 1 is 1.07 bits per heavy atom. The number of nitrogens with one attached hydrogen (secondary N) is 1. The summed E-state index contributed by atoms with van der Waals surface area (Å²) >= 11 is 0. The van der Waals surface area contributed by atoms with Gasteiger partial charge in [0.25, 0.3) is 5.91 Å². The number of fused-ring (bicyclic) bond motifs is 1. The molecule has 1 N–H and O–H groups in total. The highest BCUT2D eigenvalue weighted by molar-refractivity contribution is 5.83. The summed E-state index contributed by atoms with van der Waals surface area (Å²) in [5.74, 6) is 0.657. The lowest BCUT2D eigenvalue weighted by Gasteiger charge is -2.16. The van der Waals surface area contributed by atoms with Crippen molar-refractivity contribution in [1.82, 2.24) is 5.32 Å². The molecule has 1 amide bonds. The lowest BCUT2D eigenvalue weighted by Crippen LogP contribution is -2.35. The first-order chi connectivity index (χ1) is 13.0. The molecule has 0 fully saturated rings. The fourth-order valence-electron chi connectivity index (χ4n) is 2.83. The SMILES string of the molecule is C[C@@H](OC(=O)C[C@H](C)c1ccccc1)C(=O)NCc1ccc2c(c1)OCO2. The highest BCUT2D eigenvalue weighted by Crippen LogP contribution is 2.32. The van der Waals surface area contributed by atoms with Crippen LogP contribution in [-0.4, -0.2) is 24.8 Å². The molecule has 2 aromatic carbocycles. The average Bonchev–Trinajstić information content (AvgIpc) is 3.14. The largest absolute Gasteiger partial charge is 0.454 e. The van der Waals surface area contributed by atoms with Crippen molar-refractivity contribution in [2.24, 2.45) is 0 Å². The minimum atomic E-state index is -0.852. The van der Waals surface area contributed by atoms with Gasteiger partial charge in [-0.25, -0.2) is 0 Å². The standard InChI is InChI=1S/C21H23NO5/c1-14(17-6-4-3-5-7-17)10-20(23)27-15(2)21(24)22-12-16-8-9-18-19(11-16)26-13-25-18/h3-9,11,14-15H,10,12-13H2,1-2H3,(H,22,24)/t14-,15+/m0/s1. The molecule has 6 nitrogen and oxygen atoms in total. The van der Waals surface area contributed by atoms with Crippen molar-refractivity contribution in [1.29, 1.82) is 0 Å². The van der Waals surface area contributed by atoms with Crippen LogP contribution in [0.5, 0.6) is 11.5 Å². The van der Waals surface area contributed by atoms with E-state index in [2.05, 4.69) is 5.32 Å². The van der Waals surface area contributed by atoms with Crippen LogP contribution in [0.25, 0.3) is 0 Å². The van der Waals surface area contributed by atoms with Gasteiger partial charge >= 0.3 is 5.97 Å². The van der Waals surface area contributed by atoms with Crippen LogP contribution < -0.4 is 14.8 Å². The fourth-order valence-corrected chi connectivity index (χ4v) is 2.83. The van der Waals surface area contributed by atoms with E-state index < -0.39 is 12.1 Å². The molecular weight excluding hydrogens is 346 g/mol. The minimum absolute atomic E-state index is 0.0302. The summed E-state index contributed by atoms with van der Waals surface area (Å²) in [6, 6.07) is 15.2. The van der Waals surface area contributed by atoms with E-state index in [-0.39, 0.29) is 25.0 Å². The molecule has 0 saturated heterocycles. The Morgan fingerprint density at radius 3 is 2.59 bits per heavy atom. The summed E-state index contributed by atoms with van der Waals surface area (Å²) in [4.78, 5) is 24.3. The first kappa shape index (κ1) is 18.8. The van der Waals surface area contributed by atoms with Gasteiger partial charge in [0.1, 0.15) is 0 Å². The first-order valence-electron chi connectivity index (χ1n) is 8.93. The number of carbonyl (C=O) groups is 2. The van der Waals surface area contributed by atoms with Crippen LogP contribution in [0.3, 0.4) is 0 Å². The van der Waals surface area contributed by atoms with E-state index in [1.807, 2.05) is 49.4 Å². The van der Waals surface area contributed by atoms with E-state index in [1.165, 1.54) is 0 Å². The second kappa shape index (κ2) is 8.58. The van der Waals surface area contributed by atoms with Crippen LogP contribution in [-0.2, 0) is 20.9 Å². The van der Waals surface area contributed by atoms with Crippen molar-refractivity contribution in [3.05, 3.63) is 59.7 Å². The second-order valence-electron chi connectivity index (χ2n) is 6.55. The third-order valence-corrected chi connectivity index (χ3v) is 4.42. The highest BCUT2D eigenvalue weighted by Gasteiger charge is 2.20. The number of ether oxygens (including phenoxy) is 3. The van der Waals surface area contributed by atoms with E-state index in [9.17, 15) is 9.59 Å². The molecule has 0 unspecified atom stereocenters. The van der Waals surface area contributed by atoms with Crippen LogP contribution >= 0.6 is 0 Å². The predicted octanol–water partition coefficient (Wildman–Crippen LogP) is 3.16. The molecule has 1 aliphatic rings. The number of esters is 1. The van der Waals surface area contributed by atoms with E-state index in [0.717, 1.165) is 11.1 Å². The molecule has 27 heavy (non-hydrogen) atoms. The van der Waals surface area contributed by atoms with Gasteiger partial charge < -0.3 is 19.5 Å². The van der Waals surface area contributed by atoms with Gasteiger partial charge in [-0.3, -0.25) is 9.59 Å². The fraction of sp³-hybridized carbons (Fsp3) is 0.333. The normalized spacial score (nSPS) is 14.3. The zero-order valence-electron chi connectivity index (χ0n) is 15.4. The summed E-state index contributed by atoms with van der Waals surface area (Å²) in [6.07, 6.45) is -0.626. The topological polar surface area (TPSA) is 73.9 Å². The number of hydrogen-bond donors (Lipinski definition) is 1.